The molecule has 0 amide bonds. The summed E-state index contributed by atoms with van der Waals surface area (Å²) in [5.41, 5.74) is 39.8. The summed E-state index contributed by atoms with van der Waals surface area (Å²) in [7, 11) is 0. The molecule has 33 rings (SSSR count). The summed E-state index contributed by atoms with van der Waals surface area (Å²) < 4.78 is 0. The predicted molar refractivity (Wildman–Crippen MR) is 455 cm³/mol. The van der Waals surface area contributed by atoms with Crippen LogP contribution in [0, 0.1) is 0 Å². The largest absolute Gasteiger partial charge is 2.00 e. The Balaban J connectivity index is 0.00000676. The second-order valence-corrected chi connectivity index (χ2v) is 33.5. The van der Waals surface area contributed by atoms with Gasteiger partial charge in [-0.3, -0.25) is 0 Å². The van der Waals surface area contributed by atoms with Gasteiger partial charge in [0.15, 0.2) is 0 Å². The van der Waals surface area contributed by atoms with Crippen molar-refractivity contribution in [2.75, 3.05) is 0 Å². The van der Waals surface area contributed by atoms with Crippen LogP contribution < -0.4 is 9.97 Å². The molecule has 113 heavy (non-hydrogen) atoms. The zero-order valence-electron chi connectivity index (χ0n) is 60.7. The van der Waals surface area contributed by atoms with E-state index in [0.717, 1.165) is 44.8 Å². The first-order chi connectivity index (χ1) is 55.5. The molecular formula is C108H60N4Ni. The minimum absolute atomic E-state index is 0. The van der Waals surface area contributed by atoms with Gasteiger partial charge in [0.05, 0.1) is 22.8 Å². The Morgan fingerprint density at radius 2 is 0.283 bits per heavy atom. The van der Waals surface area contributed by atoms with E-state index in [1.807, 2.05) is 0 Å². The zero-order chi connectivity index (χ0) is 71.9. The molecule has 0 saturated heterocycles. The first-order valence-electron chi connectivity index (χ1n) is 39.9. The number of rotatable bonds is 0. The predicted octanol–water partition coefficient (Wildman–Crippen LogP) is 25.2. The smallest absolute Gasteiger partial charge is 0.657 e. The summed E-state index contributed by atoms with van der Waals surface area (Å²) >= 11 is 0. The van der Waals surface area contributed by atoms with E-state index >= 15 is 0 Å². The van der Waals surface area contributed by atoms with Gasteiger partial charge in [0.1, 0.15) is 0 Å². The van der Waals surface area contributed by atoms with Gasteiger partial charge in [-0.2, -0.15) is 0 Å². The number of hydrogen-bond acceptors (Lipinski definition) is 2. The minimum atomic E-state index is -0.134. The molecule has 0 saturated carbocycles. The summed E-state index contributed by atoms with van der Waals surface area (Å²) in [6, 6.07) is 122. The van der Waals surface area contributed by atoms with E-state index in [2.05, 4.69) is 315 Å². The SMILES string of the molecule is [Ni+2].c1ccc2cc3c(cc2c1)C1C2=C(c4cc5[n-]c(cc6nc(cc7[n-]c(cc2n4)c2c7C4c7cc8ccccc8cc7C2c2cc7ccccc7cc24)C2=C6C4c6cc7ccccc7cc6C2c2cc6ccccc6cc24)c2c5C4c5cc6ccccc6cc5C2c2cc5ccccc5cc24)C3c2cc3ccccc3cc21. The molecule has 2 aliphatic heterocycles. The molecule has 0 radical (unpaired) electrons. The molecule has 19 aromatic rings. The van der Waals surface area contributed by atoms with Gasteiger partial charge < -0.3 is 9.97 Å². The van der Waals surface area contributed by atoms with Crippen molar-refractivity contribution in [3.8, 4) is 0 Å². The summed E-state index contributed by atoms with van der Waals surface area (Å²) in [4.78, 5) is 25.5. The maximum absolute atomic E-state index is 6.37. The van der Waals surface area contributed by atoms with Crippen LogP contribution in [0.25, 0.3) is 131 Å². The van der Waals surface area contributed by atoms with E-state index in [1.165, 1.54) is 220 Å². The number of benzene rings is 16. The maximum atomic E-state index is 6.37. The van der Waals surface area contributed by atoms with Gasteiger partial charge in [-0.1, -0.05) is 218 Å². The van der Waals surface area contributed by atoms with E-state index in [4.69, 9.17) is 19.9 Å². The van der Waals surface area contributed by atoms with Crippen LogP contribution in [0.2, 0.25) is 0 Å². The van der Waals surface area contributed by atoms with Gasteiger partial charge in [-0.05, 0) is 317 Å². The summed E-state index contributed by atoms with van der Waals surface area (Å²) in [5, 5.41) is 20.0. The number of fused-ring (bicyclic) bond motifs is 16. The summed E-state index contributed by atoms with van der Waals surface area (Å²) in [6.07, 6.45) is 0. The van der Waals surface area contributed by atoms with Gasteiger partial charge in [0.25, 0.3) is 0 Å². The van der Waals surface area contributed by atoms with Gasteiger partial charge in [0, 0.05) is 47.3 Å². The zero-order valence-corrected chi connectivity index (χ0v) is 61.7. The molecule has 3 aromatic heterocycles. The van der Waals surface area contributed by atoms with E-state index < -0.39 is 0 Å². The number of aromatic nitrogens is 4. The van der Waals surface area contributed by atoms with E-state index in [9.17, 15) is 0 Å². The van der Waals surface area contributed by atoms with Crippen LogP contribution in [0.5, 0.6) is 0 Å². The van der Waals surface area contributed by atoms with Crippen LogP contribution in [0.15, 0.2) is 315 Å². The van der Waals surface area contributed by atoms with Gasteiger partial charge in [0.2, 0.25) is 0 Å². The Kier molecular flexibility index (Phi) is 11.4. The molecule has 522 valence electrons. The Morgan fingerprint density at radius 3 is 0.416 bits per heavy atom. The molecule has 5 heteroatoms. The van der Waals surface area contributed by atoms with Gasteiger partial charge in [-0.15, -0.1) is 22.1 Å². The molecule has 0 spiro atoms. The van der Waals surface area contributed by atoms with Gasteiger partial charge >= 0.3 is 16.5 Å². The summed E-state index contributed by atoms with van der Waals surface area (Å²) in [5.74, 6) is -1.07. The van der Waals surface area contributed by atoms with Crippen molar-refractivity contribution in [2.24, 2.45) is 0 Å². The van der Waals surface area contributed by atoms with Crippen LogP contribution in [0.3, 0.4) is 0 Å². The standard InChI is InChI=1S/C108H60N4.Ni/c1-2-18-54-34-70-69(33-53(54)17-1)93-71-35-55-19-3-4-20-56(55)36-72(71)94(70)102-86-50-88-104-96-77-41-61-25-9-11-27-63(61)43-79(77)98(80-44-64-28-12-10-26-62(64)42-78(80)96)106(104)90(111-88)52-92-108-100-83-47-67-31-15-13-29-65(67)45-81(83)99(82-46-66-30-14-16-32-68(66)48-84(82)100)107(108)91(112-92)51-89-105-97-75-39-59-23-7-5-21-57(59)37-73(75)95(103(105)87(110-89)49-85(109-86)101(93)102)74-38-58-22-6-8-24-60(58)40-76(74)97;/h1-52,93-100H;/q-2;+2. The van der Waals surface area contributed by atoms with Crippen molar-refractivity contribution in [1.29, 1.82) is 0 Å². The Morgan fingerprint density at radius 1 is 0.159 bits per heavy atom. The molecule has 4 nitrogen and oxygen atoms in total. The molecule has 14 aliphatic rings. The Hall–Kier alpha value is -13.3. The third-order valence-corrected chi connectivity index (χ3v) is 28.3. The molecule has 5 heterocycles. The van der Waals surface area contributed by atoms with Crippen LogP contribution in [0.4, 0.5) is 0 Å². The van der Waals surface area contributed by atoms with Crippen molar-refractivity contribution in [1.82, 2.24) is 19.9 Å². The second-order valence-electron chi connectivity index (χ2n) is 33.5. The van der Waals surface area contributed by atoms with Crippen molar-refractivity contribution in [3.05, 3.63) is 449 Å². The molecule has 12 aliphatic carbocycles. The quantitative estimate of drug-likeness (QED) is 0.142. The van der Waals surface area contributed by atoms with E-state index in [1.54, 1.807) is 0 Å². The van der Waals surface area contributed by atoms with E-state index in [0.29, 0.717) is 0 Å². The monoisotopic (exact) mass is 1470 g/mol. The molecular weight excluding hydrogens is 1410 g/mol. The van der Waals surface area contributed by atoms with Crippen molar-refractivity contribution in [2.45, 2.75) is 47.3 Å². The molecule has 0 atom stereocenters. The first-order valence-corrected chi connectivity index (χ1v) is 39.9. The van der Waals surface area contributed by atoms with Crippen LogP contribution in [0.1, 0.15) is 181 Å². The Bertz CT molecular complexity index is 6820. The van der Waals surface area contributed by atoms with Crippen molar-refractivity contribution >= 4 is 131 Å². The molecule has 16 bridgehead atoms. The van der Waals surface area contributed by atoms with Gasteiger partial charge in [-0.25, -0.2) is 9.97 Å². The average molecular weight is 1470 g/mol. The van der Waals surface area contributed by atoms with Crippen LogP contribution in [-0.4, -0.2) is 9.97 Å². The van der Waals surface area contributed by atoms with Crippen LogP contribution >= 0.6 is 0 Å². The number of allylic oxidation sites excluding steroid dienone is 4. The number of nitrogens with zero attached hydrogens (tertiary/aromatic N) is 4. The van der Waals surface area contributed by atoms with Crippen LogP contribution in [-0.2, 0) is 16.5 Å². The van der Waals surface area contributed by atoms with E-state index in [-0.39, 0.29) is 63.8 Å². The third kappa shape index (κ3) is 7.68. The molecule has 0 unspecified atom stereocenters. The fraction of sp³-hybridized carbons (Fsp3) is 0.0741. The molecule has 0 N–H and O–H groups in total. The first kappa shape index (κ1) is 60.5. The van der Waals surface area contributed by atoms with Crippen molar-refractivity contribution in [3.63, 3.8) is 0 Å². The topological polar surface area (TPSA) is 54.0 Å². The fourth-order valence-electron chi connectivity index (χ4n) is 24.0. The Labute approximate surface area is 659 Å². The normalized spacial score (nSPS) is 19.9. The number of hydrogen-bond donors (Lipinski definition) is 0. The fourth-order valence-corrected chi connectivity index (χ4v) is 24.0. The second kappa shape index (κ2) is 21.2. The summed E-state index contributed by atoms with van der Waals surface area (Å²) in [6.45, 7) is 0. The van der Waals surface area contributed by atoms with Crippen molar-refractivity contribution < 1.29 is 16.5 Å². The minimum Gasteiger partial charge on any atom is -0.657 e. The third-order valence-electron chi connectivity index (χ3n) is 28.3. The molecule has 16 aromatic carbocycles. The maximum Gasteiger partial charge on any atom is 2.00 e. The average Bonchev–Trinajstić information content (AvgIpc) is 1.59. The molecule has 0 fully saturated rings.